The zero-order chi connectivity index (χ0) is 27.2. The van der Waals surface area contributed by atoms with E-state index in [0.717, 1.165) is 4.31 Å². The topological polar surface area (TPSA) is 113 Å². The fraction of sp³-hybridized carbons (Fsp3) is 0.240. The Morgan fingerprint density at radius 1 is 0.784 bits per heavy atom. The lowest BCUT2D eigenvalue weighted by Crippen LogP contribution is -2.38. The van der Waals surface area contributed by atoms with Crippen LogP contribution in [-0.2, 0) is 14.8 Å². The molecule has 3 rings (SSSR count). The Morgan fingerprint density at radius 2 is 1.41 bits per heavy atom. The van der Waals surface area contributed by atoms with Gasteiger partial charge in [-0.05, 0) is 42.5 Å². The minimum absolute atomic E-state index is 0.0968. The Morgan fingerprint density at radius 3 is 2.00 bits per heavy atom. The first-order valence-electron chi connectivity index (χ1n) is 10.8. The van der Waals surface area contributed by atoms with Crippen molar-refractivity contribution in [1.29, 1.82) is 0 Å². The summed E-state index contributed by atoms with van der Waals surface area (Å²) in [5.41, 5.74) is 0.455. The molecule has 0 aliphatic heterocycles. The van der Waals surface area contributed by atoms with Crippen molar-refractivity contribution in [3.63, 3.8) is 0 Å². The van der Waals surface area contributed by atoms with Gasteiger partial charge in [-0.25, -0.2) is 8.42 Å². The average molecular weight is 551 g/mol. The van der Waals surface area contributed by atoms with Crippen molar-refractivity contribution in [2.24, 2.45) is 0 Å². The number of nitrogens with zero attached hydrogens (tertiary/aromatic N) is 1. The summed E-state index contributed by atoms with van der Waals surface area (Å²) in [6, 6.07) is 13.4. The summed E-state index contributed by atoms with van der Waals surface area (Å²) >= 11 is 6.16. The fourth-order valence-corrected chi connectivity index (χ4v) is 5.17. The number of methoxy groups -OCH3 is 5. The first-order valence-corrected chi connectivity index (χ1v) is 12.6. The summed E-state index contributed by atoms with van der Waals surface area (Å²) in [7, 11) is 2.82. The lowest BCUT2D eigenvalue weighted by atomic mass is 10.2. The van der Waals surface area contributed by atoms with Crippen LogP contribution in [0.25, 0.3) is 0 Å². The lowest BCUT2D eigenvalue weighted by molar-refractivity contribution is -0.114. The highest BCUT2D eigenvalue weighted by Crippen LogP contribution is 2.37. The first-order chi connectivity index (χ1) is 17.7. The highest BCUT2D eigenvalue weighted by molar-refractivity contribution is 7.92. The van der Waals surface area contributed by atoms with Gasteiger partial charge in [-0.15, -0.1) is 0 Å². The van der Waals surface area contributed by atoms with Crippen LogP contribution in [0.4, 0.5) is 11.4 Å². The molecule has 0 aliphatic rings. The van der Waals surface area contributed by atoms with Crippen LogP contribution < -0.4 is 33.3 Å². The van der Waals surface area contributed by atoms with E-state index in [4.69, 9.17) is 35.3 Å². The number of rotatable bonds is 11. The highest BCUT2D eigenvalue weighted by Gasteiger charge is 2.31. The number of hydrogen-bond donors (Lipinski definition) is 1. The number of hydrogen-bond acceptors (Lipinski definition) is 8. The summed E-state index contributed by atoms with van der Waals surface area (Å²) in [5.74, 6) is 0.934. The maximum Gasteiger partial charge on any atom is 0.265 e. The van der Waals surface area contributed by atoms with Crippen LogP contribution in [-0.4, -0.2) is 56.4 Å². The lowest BCUT2D eigenvalue weighted by Gasteiger charge is -2.26. The minimum atomic E-state index is -4.32. The Balaban J connectivity index is 2.08. The summed E-state index contributed by atoms with van der Waals surface area (Å²) in [4.78, 5) is 13.0. The predicted octanol–water partition coefficient (Wildman–Crippen LogP) is 4.22. The quantitative estimate of drug-likeness (QED) is 0.378. The molecule has 0 saturated carbocycles. The molecule has 37 heavy (non-hydrogen) atoms. The van der Waals surface area contributed by atoms with Crippen LogP contribution in [0.1, 0.15) is 0 Å². The maximum atomic E-state index is 13.9. The molecule has 198 valence electrons. The Kier molecular flexibility index (Phi) is 8.95. The van der Waals surface area contributed by atoms with Gasteiger partial charge in [0.1, 0.15) is 23.8 Å². The van der Waals surface area contributed by atoms with Crippen LogP contribution >= 0.6 is 11.6 Å². The van der Waals surface area contributed by atoms with Crippen LogP contribution in [0, 0.1) is 0 Å². The average Bonchev–Trinajstić information content (AvgIpc) is 2.90. The van der Waals surface area contributed by atoms with Gasteiger partial charge in [0.15, 0.2) is 11.5 Å². The SMILES string of the molecule is COc1ccc(OC)c(N(CC(=O)Nc2ccc(OC)c(Cl)c2)S(=O)(=O)c2ccc(OC)c(OC)c2)c1. The molecule has 0 spiro atoms. The van der Waals surface area contributed by atoms with Gasteiger partial charge in [0, 0.05) is 17.8 Å². The third-order valence-corrected chi connectivity index (χ3v) is 7.37. The molecule has 3 aromatic carbocycles. The number of halogens is 1. The second-order valence-electron chi connectivity index (χ2n) is 7.46. The predicted molar refractivity (Wildman–Crippen MR) is 140 cm³/mol. The van der Waals surface area contributed by atoms with Gasteiger partial charge in [-0.3, -0.25) is 9.10 Å². The highest BCUT2D eigenvalue weighted by atomic mass is 35.5. The summed E-state index contributed by atoms with van der Waals surface area (Å²) in [5, 5.41) is 2.94. The van der Waals surface area contributed by atoms with E-state index in [1.807, 2.05) is 0 Å². The van der Waals surface area contributed by atoms with E-state index in [0.29, 0.717) is 22.9 Å². The Bertz CT molecular complexity index is 1380. The summed E-state index contributed by atoms with van der Waals surface area (Å²) in [6.45, 7) is -0.593. The van der Waals surface area contributed by atoms with E-state index in [9.17, 15) is 13.2 Å². The van der Waals surface area contributed by atoms with E-state index in [2.05, 4.69) is 5.32 Å². The molecule has 0 aliphatic carbocycles. The normalized spacial score (nSPS) is 10.9. The maximum absolute atomic E-state index is 13.9. The first kappa shape index (κ1) is 27.8. The Hall–Kier alpha value is -3.83. The number of anilines is 2. The monoisotopic (exact) mass is 550 g/mol. The van der Waals surface area contributed by atoms with Gasteiger partial charge < -0.3 is 29.0 Å². The van der Waals surface area contributed by atoms with Gasteiger partial charge >= 0.3 is 0 Å². The molecule has 1 N–H and O–H groups in total. The number of benzene rings is 3. The van der Waals surface area contributed by atoms with Crippen molar-refractivity contribution < 1.29 is 36.9 Å². The van der Waals surface area contributed by atoms with E-state index >= 15 is 0 Å². The van der Waals surface area contributed by atoms with Crippen molar-refractivity contribution in [2.45, 2.75) is 4.90 Å². The molecule has 0 aromatic heterocycles. The van der Waals surface area contributed by atoms with Crippen LogP contribution in [0.5, 0.6) is 28.7 Å². The zero-order valence-electron chi connectivity index (χ0n) is 20.9. The molecule has 3 aromatic rings. The summed E-state index contributed by atoms with van der Waals surface area (Å²) < 4.78 is 55.1. The number of nitrogens with one attached hydrogen (secondary N) is 1. The smallest absolute Gasteiger partial charge is 0.265 e. The molecule has 0 atom stereocenters. The van der Waals surface area contributed by atoms with Gasteiger partial charge in [0.25, 0.3) is 10.0 Å². The van der Waals surface area contributed by atoms with Crippen molar-refractivity contribution in [2.75, 3.05) is 51.7 Å². The van der Waals surface area contributed by atoms with E-state index in [1.165, 1.54) is 65.9 Å². The number of amides is 1. The molecule has 0 bridgehead atoms. The second-order valence-corrected chi connectivity index (χ2v) is 9.73. The molecular weight excluding hydrogens is 524 g/mol. The van der Waals surface area contributed by atoms with Crippen molar-refractivity contribution in [3.05, 3.63) is 59.6 Å². The van der Waals surface area contributed by atoms with Crippen molar-refractivity contribution in [1.82, 2.24) is 0 Å². The van der Waals surface area contributed by atoms with E-state index < -0.39 is 22.5 Å². The molecule has 0 fully saturated rings. The van der Waals surface area contributed by atoms with Crippen LogP contribution in [0.2, 0.25) is 5.02 Å². The molecule has 0 radical (unpaired) electrons. The number of carbonyl (C=O) groups is 1. The number of sulfonamides is 1. The largest absolute Gasteiger partial charge is 0.497 e. The molecule has 1 amide bonds. The Labute approximate surface area is 220 Å². The fourth-order valence-electron chi connectivity index (χ4n) is 3.47. The molecule has 10 nitrogen and oxygen atoms in total. The third kappa shape index (κ3) is 6.12. The third-order valence-electron chi connectivity index (χ3n) is 5.32. The number of carbonyl (C=O) groups excluding carboxylic acids is 1. The number of ether oxygens (including phenoxy) is 5. The molecular formula is C25H27ClN2O8S. The minimum Gasteiger partial charge on any atom is -0.497 e. The molecule has 0 unspecified atom stereocenters. The van der Waals surface area contributed by atoms with Gasteiger partial charge in [0.2, 0.25) is 5.91 Å². The van der Waals surface area contributed by atoms with Crippen LogP contribution in [0.15, 0.2) is 59.5 Å². The standard InChI is InChI=1S/C25H27ClN2O8S/c1-32-17-7-10-22(34-3)20(13-17)28(15-25(29)27-16-6-9-21(33-2)19(26)12-16)37(30,31)18-8-11-23(35-4)24(14-18)36-5/h6-14H,15H2,1-5H3,(H,27,29). The second kappa shape index (κ2) is 11.9. The van der Waals surface area contributed by atoms with Crippen molar-refractivity contribution >= 4 is 38.9 Å². The van der Waals surface area contributed by atoms with Crippen LogP contribution in [0.3, 0.4) is 0 Å². The van der Waals surface area contributed by atoms with Gasteiger partial charge in [0.05, 0.1) is 51.2 Å². The molecule has 0 saturated heterocycles. The molecule has 0 heterocycles. The van der Waals surface area contributed by atoms with Gasteiger partial charge in [-0.1, -0.05) is 11.6 Å². The van der Waals surface area contributed by atoms with Crippen molar-refractivity contribution in [3.8, 4) is 28.7 Å². The summed E-state index contributed by atoms with van der Waals surface area (Å²) in [6.07, 6.45) is 0. The van der Waals surface area contributed by atoms with Gasteiger partial charge in [-0.2, -0.15) is 0 Å². The van der Waals surface area contributed by atoms with E-state index in [-0.39, 0.29) is 27.1 Å². The molecule has 12 heteroatoms. The van der Waals surface area contributed by atoms with E-state index in [1.54, 1.807) is 24.3 Å². The zero-order valence-corrected chi connectivity index (χ0v) is 22.5.